The van der Waals surface area contributed by atoms with E-state index in [4.69, 9.17) is 16.3 Å². The molecule has 0 amide bonds. The molecule has 1 atom stereocenters. The maximum Gasteiger partial charge on any atom is 0.157 e. The number of benzene rings is 2. The lowest BCUT2D eigenvalue weighted by Crippen LogP contribution is -2.30. The largest absolute Gasteiger partial charge is 0.504 e. The summed E-state index contributed by atoms with van der Waals surface area (Å²) < 4.78 is 5.49. The average molecular weight is 320 g/mol. The third-order valence-corrected chi connectivity index (χ3v) is 4.52. The van der Waals surface area contributed by atoms with Gasteiger partial charge in [0.15, 0.2) is 11.5 Å². The highest BCUT2D eigenvalue weighted by molar-refractivity contribution is 6.31. The van der Waals surface area contributed by atoms with E-state index in [1.54, 1.807) is 19.2 Å². The molecular weight excluding hydrogens is 302 g/mol. The predicted molar refractivity (Wildman–Crippen MR) is 86.1 cm³/mol. The van der Waals surface area contributed by atoms with E-state index in [1.807, 2.05) is 19.1 Å². The quantitative estimate of drug-likeness (QED) is 0.743. The Morgan fingerprint density at radius 1 is 1.14 bits per heavy atom. The van der Waals surface area contributed by atoms with Gasteiger partial charge < -0.3 is 20.3 Å². The van der Waals surface area contributed by atoms with Crippen molar-refractivity contribution in [3.63, 3.8) is 0 Å². The van der Waals surface area contributed by atoms with Crippen molar-refractivity contribution in [3.05, 3.63) is 51.5 Å². The number of hydrogen-bond donors (Lipinski definition) is 3. The van der Waals surface area contributed by atoms with Gasteiger partial charge in [-0.3, -0.25) is 0 Å². The predicted octanol–water partition coefficient (Wildman–Crippen LogP) is 3.30. The lowest BCUT2D eigenvalue weighted by Gasteiger charge is -2.29. The highest BCUT2D eigenvalue weighted by Crippen LogP contribution is 2.40. The van der Waals surface area contributed by atoms with Crippen LogP contribution in [-0.4, -0.2) is 23.9 Å². The topological polar surface area (TPSA) is 61.7 Å². The van der Waals surface area contributed by atoms with Gasteiger partial charge in [-0.2, -0.15) is 0 Å². The zero-order valence-electron chi connectivity index (χ0n) is 12.5. The molecule has 3 rings (SSSR count). The van der Waals surface area contributed by atoms with Crippen LogP contribution >= 0.6 is 11.6 Å². The van der Waals surface area contributed by atoms with E-state index in [-0.39, 0.29) is 17.5 Å². The second-order valence-corrected chi connectivity index (χ2v) is 5.93. The minimum Gasteiger partial charge on any atom is -0.504 e. The Hall–Kier alpha value is -1.91. The Kier molecular flexibility index (Phi) is 3.89. The van der Waals surface area contributed by atoms with E-state index in [1.165, 1.54) is 0 Å². The van der Waals surface area contributed by atoms with Gasteiger partial charge in [0.05, 0.1) is 13.2 Å². The summed E-state index contributed by atoms with van der Waals surface area (Å²) in [5, 5.41) is 23.6. The van der Waals surface area contributed by atoms with Crippen molar-refractivity contribution in [2.45, 2.75) is 19.4 Å². The maximum atomic E-state index is 9.83. The van der Waals surface area contributed by atoms with Gasteiger partial charge >= 0.3 is 0 Å². The van der Waals surface area contributed by atoms with E-state index < -0.39 is 0 Å². The number of methoxy groups -OCH3 is 1. The third kappa shape index (κ3) is 2.49. The summed E-state index contributed by atoms with van der Waals surface area (Å²) in [6, 6.07) is 6.90. The van der Waals surface area contributed by atoms with Gasteiger partial charge in [-0.25, -0.2) is 0 Å². The molecule has 2 aromatic carbocycles. The molecule has 2 aromatic rings. The standard InChI is InChI=1S/C17H18ClNO3/c1-9-5-16(22-2)12(7-13(9)18)17-11-8-15(21)14(20)6-10(11)3-4-19-17/h5-8,17,19-21H,3-4H2,1-2H3. The molecule has 22 heavy (non-hydrogen) atoms. The lowest BCUT2D eigenvalue weighted by atomic mass is 9.88. The number of aryl methyl sites for hydroxylation is 1. The molecule has 1 unspecified atom stereocenters. The van der Waals surface area contributed by atoms with Crippen molar-refractivity contribution in [3.8, 4) is 17.2 Å². The Morgan fingerprint density at radius 3 is 2.59 bits per heavy atom. The summed E-state index contributed by atoms with van der Waals surface area (Å²) in [5.41, 5.74) is 3.81. The fourth-order valence-electron chi connectivity index (χ4n) is 2.93. The number of fused-ring (bicyclic) bond motifs is 1. The molecule has 0 spiro atoms. The van der Waals surface area contributed by atoms with Crippen LogP contribution in [0.3, 0.4) is 0 Å². The van der Waals surface area contributed by atoms with Crippen molar-refractivity contribution in [1.29, 1.82) is 0 Å². The van der Waals surface area contributed by atoms with Crippen molar-refractivity contribution in [1.82, 2.24) is 5.32 Å². The monoisotopic (exact) mass is 319 g/mol. The summed E-state index contributed by atoms with van der Waals surface area (Å²) in [5.74, 6) is 0.540. The minimum absolute atomic E-state index is 0.0895. The van der Waals surface area contributed by atoms with Gasteiger partial charge in [0, 0.05) is 17.1 Å². The first-order chi connectivity index (χ1) is 10.5. The summed E-state index contributed by atoms with van der Waals surface area (Å²) in [6.45, 7) is 2.71. The van der Waals surface area contributed by atoms with E-state index in [2.05, 4.69) is 5.32 Å². The Morgan fingerprint density at radius 2 is 1.86 bits per heavy atom. The molecule has 0 bridgehead atoms. The number of aromatic hydroxyl groups is 2. The van der Waals surface area contributed by atoms with E-state index >= 15 is 0 Å². The summed E-state index contributed by atoms with van der Waals surface area (Å²) >= 11 is 6.27. The van der Waals surface area contributed by atoms with Crippen molar-refractivity contribution >= 4 is 11.6 Å². The zero-order valence-corrected chi connectivity index (χ0v) is 13.2. The molecule has 1 heterocycles. The molecule has 4 nitrogen and oxygen atoms in total. The number of nitrogens with one attached hydrogen (secondary N) is 1. The molecule has 1 aliphatic heterocycles. The SMILES string of the molecule is COc1cc(C)c(Cl)cc1C1NCCc2cc(O)c(O)cc21. The van der Waals surface area contributed by atoms with Crippen LogP contribution in [0.5, 0.6) is 17.2 Å². The highest BCUT2D eigenvalue weighted by atomic mass is 35.5. The average Bonchev–Trinajstić information content (AvgIpc) is 2.50. The maximum absolute atomic E-state index is 9.83. The smallest absolute Gasteiger partial charge is 0.157 e. The number of ether oxygens (including phenoxy) is 1. The van der Waals surface area contributed by atoms with Crippen LogP contribution in [0.4, 0.5) is 0 Å². The van der Waals surface area contributed by atoms with Gasteiger partial charge in [-0.05, 0) is 54.3 Å². The van der Waals surface area contributed by atoms with Crippen LogP contribution in [0.15, 0.2) is 24.3 Å². The fourth-order valence-corrected chi connectivity index (χ4v) is 3.10. The summed E-state index contributed by atoms with van der Waals surface area (Å²) in [4.78, 5) is 0. The number of phenolic OH excluding ortho intramolecular Hbond substituents is 2. The molecule has 0 aliphatic carbocycles. The van der Waals surface area contributed by atoms with Gasteiger partial charge in [0.1, 0.15) is 5.75 Å². The van der Waals surface area contributed by atoms with E-state index in [0.717, 1.165) is 41.0 Å². The van der Waals surface area contributed by atoms with Crippen LogP contribution in [0.1, 0.15) is 28.3 Å². The van der Waals surface area contributed by atoms with Crippen LogP contribution in [0.2, 0.25) is 5.02 Å². The van der Waals surface area contributed by atoms with Crippen molar-refractivity contribution < 1.29 is 14.9 Å². The molecule has 0 fully saturated rings. The minimum atomic E-state index is -0.136. The van der Waals surface area contributed by atoms with E-state index in [9.17, 15) is 10.2 Å². The van der Waals surface area contributed by atoms with Crippen molar-refractivity contribution in [2.75, 3.05) is 13.7 Å². The normalized spacial score (nSPS) is 17.1. The Balaban J connectivity index is 2.16. The zero-order chi connectivity index (χ0) is 15.9. The second kappa shape index (κ2) is 5.71. The molecule has 0 saturated heterocycles. The van der Waals surface area contributed by atoms with Crippen LogP contribution in [-0.2, 0) is 6.42 Å². The molecule has 116 valence electrons. The first-order valence-corrected chi connectivity index (χ1v) is 7.51. The first kappa shape index (κ1) is 15.0. The first-order valence-electron chi connectivity index (χ1n) is 7.13. The van der Waals surface area contributed by atoms with Crippen molar-refractivity contribution in [2.24, 2.45) is 0 Å². The van der Waals surface area contributed by atoms with Crippen LogP contribution in [0, 0.1) is 6.92 Å². The third-order valence-electron chi connectivity index (χ3n) is 4.11. The number of phenols is 2. The molecule has 0 aromatic heterocycles. The van der Waals surface area contributed by atoms with Gasteiger partial charge in [-0.1, -0.05) is 11.6 Å². The summed E-state index contributed by atoms with van der Waals surface area (Å²) in [6.07, 6.45) is 0.793. The molecule has 0 saturated carbocycles. The second-order valence-electron chi connectivity index (χ2n) is 5.52. The molecule has 3 N–H and O–H groups in total. The number of halogens is 1. The Bertz CT molecular complexity index is 730. The number of rotatable bonds is 2. The molecule has 1 aliphatic rings. The molecule has 5 heteroatoms. The number of hydrogen-bond acceptors (Lipinski definition) is 4. The highest BCUT2D eigenvalue weighted by Gasteiger charge is 2.26. The van der Waals surface area contributed by atoms with Crippen LogP contribution < -0.4 is 10.1 Å². The fraction of sp³-hybridized carbons (Fsp3) is 0.294. The summed E-state index contributed by atoms with van der Waals surface area (Å²) in [7, 11) is 1.63. The van der Waals surface area contributed by atoms with Gasteiger partial charge in [-0.15, -0.1) is 0 Å². The molecular formula is C17H18ClNO3. The Labute approximate surface area is 134 Å². The lowest BCUT2D eigenvalue weighted by molar-refractivity contribution is 0.395. The van der Waals surface area contributed by atoms with E-state index in [0.29, 0.717) is 5.02 Å². The van der Waals surface area contributed by atoms with Gasteiger partial charge in [0.2, 0.25) is 0 Å². The van der Waals surface area contributed by atoms with Gasteiger partial charge in [0.25, 0.3) is 0 Å². The van der Waals surface area contributed by atoms with Crippen LogP contribution in [0.25, 0.3) is 0 Å². The molecule has 0 radical (unpaired) electrons.